The largest absolute Gasteiger partial charge is 0.365 e. The number of carbonyl (C=O) groups excluding carboxylic acids is 1. The standard InChI is InChI=1S/C14H17N3O/c15-10-11-3-5-12(6-4-11)14(18)17-9-7-13-2-1-8-16-13/h1-6,8,16H,7,9-10,15H2,(H,17,18). The maximum Gasteiger partial charge on any atom is 0.251 e. The third-order valence-electron chi connectivity index (χ3n) is 2.79. The number of hydrogen-bond donors (Lipinski definition) is 3. The van der Waals surface area contributed by atoms with Gasteiger partial charge in [-0.25, -0.2) is 0 Å². The minimum atomic E-state index is -0.0508. The minimum absolute atomic E-state index is 0.0508. The zero-order chi connectivity index (χ0) is 12.8. The molecule has 0 radical (unpaired) electrons. The zero-order valence-electron chi connectivity index (χ0n) is 10.1. The van der Waals surface area contributed by atoms with Crippen molar-refractivity contribution in [2.45, 2.75) is 13.0 Å². The van der Waals surface area contributed by atoms with Crippen molar-refractivity contribution in [3.63, 3.8) is 0 Å². The van der Waals surface area contributed by atoms with Gasteiger partial charge in [0.25, 0.3) is 5.91 Å². The van der Waals surface area contributed by atoms with Gasteiger partial charge < -0.3 is 16.0 Å². The molecule has 18 heavy (non-hydrogen) atoms. The van der Waals surface area contributed by atoms with Crippen LogP contribution in [-0.4, -0.2) is 17.4 Å². The summed E-state index contributed by atoms with van der Waals surface area (Å²) in [6, 6.07) is 11.3. The summed E-state index contributed by atoms with van der Waals surface area (Å²) in [5.74, 6) is -0.0508. The summed E-state index contributed by atoms with van der Waals surface area (Å²) in [5.41, 5.74) is 8.32. The second-order valence-electron chi connectivity index (χ2n) is 4.10. The van der Waals surface area contributed by atoms with Crippen LogP contribution < -0.4 is 11.1 Å². The van der Waals surface area contributed by atoms with Crippen LogP contribution in [0.3, 0.4) is 0 Å². The highest BCUT2D eigenvalue weighted by Crippen LogP contribution is 2.03. The fourth-order valence-electron chi connectivity index (χ4n) is 1.73. The van der Waals surface area contributed by atoms with E-state index in [2.05, 4.69) is 10.3 Å². The van der Waals surface area contributed by atoms with E-state index in [1.54, 1.807) is 12.1 Å². The molecular formula is C14H17N3O. The third-order valence-corrected chi connectivity index (χ3v) is 2.79. The first-order chi connectivity index (χ1) is 8.79. The van der Waals surface area contributed by atoms with Gasteiger partial charge in [-0.05, 0) is 29.8 Å². The Kier molecular flexibility index (Phi) is 4.15. The lowest BCUT2D eigenvalue weighted by Crippen LogP contribution is -2.25. The average Bonchev–Trinajstić information content (AvgIpc) is 2.92. The first-order valence-corrected chi connectivity index (χ1v) is 5.99. The van der Waals surface area contributed by atoms with Gasteiger partial charge in [0.05, 0.1) is 0 Å². The van der Waals surface area contributed by atoms with E-state index < -0.39 is 0 Å². The molecule has 0 fully saturated rings. The Morgan fingerprint density at radius 1 is 1.22 bits per heavy atom. The number of amides is 1. The normalized spacial score (nSPS) is 10.3. The van der Waals surface area contributed by atoms with Gasteiger partial charge in [0, 0.05) is 37.0 Å². The van der Waals surface area contributed by atoms with Crippen molar-refractivity contribution in [1.29, 1.82) is 0 Å². The second kappa shape index (κ2) is 6.02. The Bertz CT molecular complexity index is 488. The van der Waals surface area contributed by atoms with E-state index in [0.717, 1.165) is 17.7 Å². The number of carbonyl (C=O) groups is 1. The Balaban J connectivity index is 1.83. The summed E-state index contributed by atoms with van der Waals surface area (Å²) in [6.07, 6.45) is 2.68. The van der Waals surface area contributed by atoms with Gasteiger partial charge in [0.15, 0.2) is 0 Å². The summed E-state index contributed by atoms with van der Waals surface area (Å²) >= 11 is 0. The fraction of sp³-hybridized carbons (Fsp3) is 0.214. The Hall–Kier alpha value is -2.07. The van der Waals surface area contributed by atoms with Crippen molar-refractivity contribution < 1.29 is 4.79 Å². The van der Waals surface area contributed by atoms with Crippen molar-refractivity contribution in [3.8, 4) is 0 Å². The van der Waals surface area contributed by atoms with Crippen molar-refractivity contribution in [2.75, 3.05) is 6.54 Å². The van der Waals surface area contributed by atoms with Gasteiger partial charge in [-0.2, -0.15) is 0 Å². The quantitative estimate of drug-likeness (QED) is 0.743. The van der Waals surface area contributed by atoms with Gasteiger partial charge in [-0.1, -0.05) is 12.1 Å². The number of nitrogens with two attached hydrogens (primary N) is 1. The van der Waals surface area contributed by atoms with Gasteiger partial charge in [-0.15, -0.1) is 0 Å². The number of H-pyrrole nitrogens is 1. The lowest BCUT2D eigenvalue weighted by Gasteiger charge is -2.05. The van der Waals surface area contributed by atoms with Crippen molar-refractivity contribution in [2.24, 2.45) is 5.73 Å². The molecule has 2 aromatic rings. The molecule has 4 heteroatoms. The summed E-state index contributed by atoms with van der Waals surface area (Å²) in [6.45, 7) is 1.12. The lowest BCUT2D eigenvalue weighted by atomic mass is 10.1. The predicted octanol–water partition coefficient (Wildman–Crippen LogP) is 1.45. The summed E-state index contributed by atoms with van der Waals surface area (Å²) in [7, 11) is 0. The van der Waals surface area contributed by atoms with Crippen LogP contribution in [0.4, 0.5) is 0 Å². The maximum absolute atomic E-state index is 11.8. The molecule has 0 unspecified atom stereocenters. The van der Waals surface area contributed by atoms with Crippen LogP contribution in [-0.2, 0) is 13.0 Å². The number of hydrogen-bond acceptors (Lipinski definition) is 2. The maximum atomic E-state index is 11.8. The number of aromatic nitrogens is 1. The van der Waals surface area contributed by atoms with Crippen LogP contribution in [0.5, 0.6) is 0 Å². The molecule has 2 rings (SSSR count). The Labute approximate surface area is 106 Å². The van der Waals surface area contributed by atoms with Crippen LogP contribution >= 0.6 is 0 Å². The Morgan fingerprint density at radius 2 is 2.00 bits per heavy atom. The van der Waals surface area contributed by atoms with Crippen LogP contribution in [0.1, 0.15) is 21.6 Å². The minimum Gasteiger partial charge on any atom is -0.365 e. The van der Waals surface area contributed by atoms with Gasteiger partial charge in [-0.3, -0.25) is 4.79 Å². The average molecular weight is 243 g/mol. The Morgan fingerprint density at radius 3 is 2.61 bits per heavy atom. The first kappa shape index (κ1) is 12.4. The molecule has 1 aromatic carbocycles. The predicted molar refractivity (Wildman–Crippen MR) is 71.2 cm³/mol. The molecule has 0 aliphatic heterocycles. The van der Waals surface area contributed by atoms with Crippen LogP contribution in [0.25, 0.3) is 0 Å². The molecule has 1 heterocycles. The second-order valence-corrected chi connectivity index (χ2v) is 4.10. The molecule has 94 valence electrons. The van der Waals surface area contributed by atoms with E-state index in [0.29, 0.717) is 18.7 Å². The van der Waals surface area contributed by atoms with Crippen molar-refractivity contribution in [3.05, 3.63) is 59.4 Å². The molecular weight excluding hydrogens is 226 g/mol. The SMILES string of the molecule is NCc1ccc(C(=O)NCCc2ccc[nH]2)cc1. The number of aromatic amines is 1. The zero-order valence-corrected chi connectivity index (χ0v) is 10.1. The summed E-state index contributed by atoms with van der Waals surface area (Å²) < 4.78 is 0. The molecule has 0 atom stereocenters. The summed E-state index contributed by atoms with van der Waals surface area (Å²) in [4.78, 5) is 14.9. The lowest BCUT2D eigenvalue weighted by molar-refractivity contribution is 0.0954. The molecule has 1 amide bonds. The number of benzene rings is 1. The van der Waals surface area contributed by atoms with Crippen molar-refractivity contribution in [1.82, 2.24) is 10.3 Å². The van der Waals surface area contributed by atoms with E-state index in [-0.39, 0.29) is 5.91 Å². The number of rotatable bonds is 5. The highest BCUT2D eigenvalue weighted by molar-refractivity contribution is 5.94. The van der Waals surface area contributed by atoms with Gasteiger partial charge in [0.2, 0.25) is 0 Å². The fourth-order valence-corrected chi connectivity index (χ4v) is 1.73. The highest BCUT2D eigenvalue weighted by atomic mass is 16.1. The molecule has 0 spiro atoms. The van der Waals surface area contributed by atoms with E-state index in [4.69, 9.17) is 5.73 Å². The molecule has 0 aliphatic rings. The van der Waals surface area contributed by atoms with E-state index >= 15 is 0 Å². The molecule has 0 bridgehead atoms. The van der Waals surface area contributed by atoms with E-state index in [1.165, 1.54) is 0 Å². The topological polar surface area (TPSA) is 70.9 Å². The smallest absolute Gasteiger partial charge is 0.251 e. The van der Waals surface area contributed by atoms with Gasteiger partial charge in [0.1, 0.15) is 0 Å². The molecule has 1 aromatic heterocycles. The molecule has 0 aliphatic carbocycles. The van der Waals surface area contributed by atoms with E-state index in [9.17, 15) is 4.79 Å². The van der Waals surface area contributed by atoms with Crippen molar-refractivity contribution >= 4 is 5.91 Å². The highest BCUT2D eigenvalue weighted by Gasteiger charge is 2.04. The van der Waals surface area contributed by atoms with E-state index in [1.807, 2.05) is 30.5 Å². The number of nitrogens with one attached hydrogen (secondary N) is 2. The monoisotopic (exact) mass is 243 g/mol. The molecule has 4 nitrogen and oxygen atoms in total. The van der Waals surface area contributed by atoms with Crippen LogP contribution in [0.15, 0.2) is 42.6 Å². The summed E-state index contributed by atoms with van der Waals surface area (Å²) in [5, 5.41) is 2.88. The molecule has 4 N–H and O–H groups in total. The molecule has 0 saturated carbocycles. The van der Waals surface area contributed by atoms with Gasteiger partial charge >= 0.3 is 0 Å². The van der Waals surface area contributed by atoms with Crippen LogP contribution in [0.2, 0.25) is 0 Å². The third kappa shape index (κ3) is 3.21. The first-order valence-electron chi connectivity index (χ1n) is 5.99. The molecule has 0 saturated heterocycles. The van der Waals surface area contributed by atoms with Crippen LogP contribution in [0, 0.1) is 0 Å².